The van der Waals surface area contributed by atoms with E-state index in [1.165, 1.54) is 0 Å². The minimum absolute atomic E-state index is 0.0604. The molecule has 2 atom stereocenters. The molecule has 8 heteroatoms. The minimum Gasteiger partial charge on any atom is -0.466 e. The van der Waals surface area contributed by atoms with Gasteiger partial charge in [0.05, 0.1) is 24.4 Å². The molecule has 1 saturated carbocycles. The number of hydrogen-bond donors (Lipinski definition) is 1. The van der Waals surface area contributed by atoms with Crippen LogP contribution in [0.25, 0.3) is 0 Å². The summed E-state index contributed by atoms with van der Waals surface area (Å²) >= 11 is 5.48. The van der Waals surface area contributed by atoms with Crippen LogP contribution in [-0.4, -0.2) is 42.1 Å². The summed E-state index contributed by atoms with van der Waals surface area (Å²) in [6.45, 7) is 2.18. The highest BCUT2D eigenvalue weighted by atomic mass is 35.5. The zero-order chi connectivity index (χ0) is 15.0. The summed E-state index contributed by atoms with van der Waals surface area (Å²) in [6.07, 6.45) is 2.90. The van der Waals surface area contributed by atoms with E-state index >= 15 is 0 Å². The molecule has 1 rings (SSSR count). The highest BCUT2D eigenvalue weighted by Gasteiger charge is 2.30. The number of rotatable bonds is 6. The SMILES string of the molecule is CCOC(=O)[C@@H]1CCC[C@H](NC(=O)N(CCCl)N=O)C1. The van der Waals surface area contributed by atoms with Gasteiger partial charge in [0.2, 0.25) is 0 Å². The van der Waals surface area contributed by atoms with Gasteiger partial charge in [-0.3, -0.25) is 4.79 Å². The quantitative estimate of drug-likeness (QED) is 0.352. The fourth-order valence-corrected chi connectivity index (χ4v) is 2.46. The second kappa shape index (κ2) is 8.73. The number of carbonyl (C=O) groups excluding carboxylic acids is 2. The highest BCUT2D eigenvalue weighted by molar-refractivity contribution is 6.18. The van der Waals surface area contributed by atoms with Gasteiger partial charge in [0.25, 0.3) is 0 Å². The molecule has 0 aromatic rings. The Labute approximate surface area is 122 Å². The Hall–Kier alpha value is -1.37. The van der Waals surface area contributed by atoms with Crippen molar-refractivity contribution in [3.8, 4) is 0 Å². The Morgan fingerprint density at radius 3 is 2.80 bits per heavy atom. The molecule has 20 heavy (non-hydrogen) atoms. The molecule has 0 saturated heterocycles. The van der Waals surface area contributed by atoms with Gasteiger partial charge in [0.15, 0.2) is 0 Å². The lowest BCUT2D eigenvalue weighted by molar-refractivity contribution is -0.149. The van der Waals surface area contributed by atoms with Gasteiger partial charge in [-0.05, 0) is 26.2 Å². The Bertz CT molecular complexity index is 354. The number of urea groups is 1. The van der Waals surface area contributed by atoms with Gasteiger partial charge in [-0.15, -0.1) is 16.5 Å². The van der Waals surface area contributed by atoms with Crippen molar-refractivity contribution >= 4 is 23.6 Å². The predicted octanol–water partition coefficient (Wildman–Crippen LogP) is 2.04. The second-order valence-electron chi connectivity index (χ2n) is 4.66. The molecule has 0 radical (unpaired) electrons. The number of nitrogens with one attached hydrogen (secondary N) is 1. The van der Waals surface area contributed by atoms with Gasteiger partial charge in [-0.25, -0.2) is 4.79 Å². The third-order valence-corrected chi connectivity index (χ3v) is 3.42. The zero-order valence-electron chi connectivity index (χ0n) is 11.5. The van der Waals surface area contributed by atoms with Crippen LogP contribution in [0.3, 0.4) is 0 Å². The number of nitroso groups, excluding NO2 is 1. The zero-order valence-corrected chi connectivity index (χ0v) is 12.3. The van der Waals surface area contributed by atoms with Crippen LogP contribution < -0.4 is 5.32 Å². The maximum absolute atomic E-state index is 11.8. The van der Waals surface area contributed by atoms with Crippen LogP contribution in [0, 0.1) is 10.8 Å². The summed E-state index contributed by atoms with van der Waals surface area (Å²) < 4.78 is 4.99. The third kappa shape index (κ3) is 4.96. The van der Waals surface area contributed by atoms with Crippen LogP contribution in [-0.2, 0) is 9.53 Å². The molecular weight excluding hydrogens is 286 g/mol. The summed E-state index contributed by atoms with van der Waals surface area (Å²) in [5.74, 6) is -0.285. The van der Waals surface area contributed by atoms with E-state index in [1.54, 1.807) is 6.92 Å². The summed E-state index contributed by atoms with van der Waals surface area (Å²) in [5.41, 5.74) is 0. The Balaban J connectivity index is 2.49. The number of esters is 1. The van der Waals surface area contributed by atoms with Gasteiger partial charge in [-0.2, -0.15) is 5.01 Å². The Morgan fingerprint density at radius 2 is 2.20 bits per heavy atom. The van der Waals surface area contributed by atoms with Crippen LogP contribution >= 0.6 is 11.6 Å². The number of carbonyl (C=O) groups is 2. The lowest BCUT2D eigenvalue weighted by Gasteiger charge is -2.29. The number of hydrogen-bond acceptors (Lipinski definition) is 5. The molecule has 0 spiro atoms. The number of ether oxygens (including phenoxy) is 1. The predicted molar refractivity (Wildman–Crippen MR) is 74.1 cm³/mol. The van der Waals surface area contributed by atoms with Gasteiger partial charge in [0.1, 0.15) is 0 Å². The molecule has 1 N–H and O–H groups in total. The number of alkyl halides is 1. The second-order valence-corrected chi connectivity index (χ2v) is 5.03. The van der Waals surface area contributed by atoms with Gasteiger partial charge >= 0.3 is 12.0 Å². The molecule has 7 nitrogen and oxygen atoms in total. The molecule has 0 unspecified atom stereocenters. The van der Waals surface area contributed by atoms with E-state index < -0.39 is 6.03 Å². The smallest absolute Gasteiger partial charge is 0.340 e. The van der Waals surface area contributed by atoms with Crippen LogP contribution in [0.5, 0.6) is 0 Å². The van der Waals surface area contributed by atoms with E-state index in [1.807, 2.05) is 0 Å². The van der Waals surface area contributed by atoms with Crippen LogP contribution in [0.4, 0.5) is 4.79 Å². The van der Waals surface area contributed by atoms with Crippen LogP contribution in [0.1, 0.15) is 32.6 Å². The molecule has 0 aromatic heterocycles. The molecular formula is C12H20ClN3O4. The Kier molecular flexibility index (Phi) is 7.28. The molecule has 0 bridgehead atoms. The lowest BCUT2D eigenvalue weighted by atomic mass is 9.86. The maximum Gasteiger partial charge on any atom is 0.340 e. The summed E-state index contributed by atoms with van der Waals surface area (Å²) in [5, 5.41) is 6.08. The van der Waals surface area contributed by atoms with E-state index in [4.69, 9.17) is 16.3 Å². The average molecular weight is 306 g/mol. The van der Waals surface area contributed by atoms with Gasteiger partial charge in [-0.1, -0.05) is 6.42 Å². The van der Waals surface area contributed by atoms with Crippen molar-refractivity contribution < 1.29 is 14.3 Å². The monoisotopic (exact) mass is 305 g/mol. The summed E-state index contributed by atoms with van der Waals surface area (Å²) in [4.78, 5) is 34.0. The average Bonchev–Trinajstić information content (AvgIpc) is 2.45. The van der Waals surface area contributed by atoms with E-state index in [0.29, 0.717) is 13.0 Å². The first-order valence-electron chi connectivity index (χ1n) is 6.76. The summed E-state index contributed by atoms with van der Waals surface area (Å²) in [7, 11) is 0. The highest BCUT2D eigenvalue weighted by Crippen LogP contribution is 2.25. The van der Waals surface area contributed by atoms with Gasteiger partial charge < -0.3 is 10.1 Å². The molecule has 0 aromatic carbocycles. The molecule has 1 aliphatic rings. The van der Waals surface area contributed by atoms with Crippen molar-refractivity contribution in [2.24, 2.45) is 11.2 Å². The van der Waals surface area contributed by atoms with Crippen molar-refractivity contribution in [2.75, 3.05) is 19.0 Å². The summed E-state index contributed by atoms with van der Waals surface area (Å²) in [6, 6.07) is -0.722. The molecule has 2 amide bonds. The van der Waals surface area contributed by atoms with Crippen LogP contribution in [0.2, 0.25) is 0 Å². The topological polar surface area (TPSA) is 88.1 Å². The first-order chi connectivity index (χ1) is 9.62. The maximum atomic E-state index is 11.8. The first kappa shape index (κ1) is 16.7. The van der Waals surface area contributed by atoms with Gasteiger partial charge in [0, 0.05) is 11.9 Å². The molecule has 0 aliphatic heterocycles. The largest absolute Gasteiger partial charge is 0.466 e. The van der Waals surface area contributed by atoms with E-state index in [-0.39, 0.29) is 30.4 Å². The van der Waals surface area contributed by atoms with E-state index in [2.05, 4.69) is 10.6 Å². The molecule has 1 fully saturated rings. The lowest BCUT2D eigenvalue weighted by Crippen LogP contribution is -2.45. The first-order valence-corrected chi connectivity index (χ1v) is 7.29. The number of nitrogens with zero attached hydrogens (tertiary/aromatic N) is 2. The molecule has 114 valence electrons. The van der Waals surface area contributed by atoms with E-state index in [9.17, 15) is 14.5 Å². The minimum atomic E-state index is -0.574. The van der Waals surface area contributed by atoms with Crippen molar-refractivity contribution in [1.82, 2.24) is 10.3 Å². The third-order valence-electron chi connectivity index (χ3n) is 3.25. The normalized spacial score (nSPS) is 21.9. The van der Waals surface area contributed by atoms with Crippen molar-refractivity contribution in [3.63, 3.8) is 0 Å². The number of halogens is 1. The van der Waals surface area contributed by atoms with Crippen molar-refractivity contribution in [3.05, 3.63) is 4.91 Å². The number of amides is 2. The molecule has 1 aliphatic carbocycles. The van der Waals surface area contributed by atoms with Crippen molar-refractivity contribution in [2.45, 2.75) is 38.6 Å². The fourth-order valence-electron chi connectivity index (χ4n) is 2.30. The van der Waals surface area contributed by atoms with E-state index in [0.717, 1.165) is 24.3 Å². The fraction of sp³-hybridized carbons (Fsp3) is 0.833. The standard InChI is InChI=1S/C12H20ClN3O4/c1-2-20-11(17)9-4-3-5-10(8-9)14-12(18)16(15-19)7-6-13/h9-10H,2-8H2,1H3,(H,14,18)/t9-,10+/m1/s1. The van der Waals surface area contributed by atoms with Crippen molar-refractivity contribution in [1.29, 1.82) is 0 Å². The van der Waals surface area contributed by atoms with Crippen LogP contribution in [0.15, 0.2) is 5.29 Å². The molecule has 0 heterocycles. The Morgan fingerprint density at radius 1 is 1.45 bits per heavy atom.